The molecule has 1 aliphatic carbocycles. The summed E-state index contributed by atoms with van der Waals surface area (Å²) in [6.07, 6.45) is 14.2. The molecular weight excluding hydrogens is 168 g/mol. The lowest BCUT2D eigenvalue weighted by molar-refractivity contribution is 0.595. The Bertz CT molecular complexity index is 176. The highest BCUT2D eigenvalue weighted by Gasteiger charge is 2.08. The van der Waals surface area contributed by atoms with Crippen molar-refractivity contribution < 1.29 is 0 Å². The molecule has 1 aliphatic rings. The first-order chi connectivity index (χ1) is 6.84. The second kappa shape index (κ2) is 7.09. The maximum absolute atomic E-state index is 2.35. The van der Waals surface area contributed by atoms with Gasteiger partial charge in [0.25, 0.3) is 0 Å². The Balaban J connectivity index is 2.10. The van der Waals surface area contributed by atoms with Gasteiger partial charge in [-0.2, -0.15) is 0 Å². The van der Waals surface area contributed by atoms with Crippen LogP contribution in [0.25, 0.3) is 0 Å². The number of rotatable bonds is 6. The maximum atomic E-state index is 2.35. The summed E-state index contributed by atoms with van der Waals surface area (Å²) < 4.78 is 0. The third-order valence-corrected chi connectivity index (χ3v) is 3.47. The van der Waals surface area contributed by atoms with E-state index in [2.05, 4.69) is 13.8 Å². The van der Waals surface area contributed by atoms with E-state index in [0.717, 1.165) is 0 Å². The summed E-state index contributed by atoms with van der Waals surface area (Å²) in [5, 5.41) is 0. The Hall–Kier alpha value is -0.260. The van der Waals surface area contributed by atoms with Crippen LogP contribution >= 0.6 is 0 Å². The number of hydrogen-bond acceptors (Lipinski definition) is 0. The highest BCUT2D eigenvalue weighted by atomic mass is 14.1. The lowest BCUT2D eigenvalue weighted by Crippen LogP contribution is -1.97. The van der Waals surface area contributed by atoms with Crippen molar-refractivity contribution in [1.29, 1.82) is 0 Å². The van der Waals surface area contributed by atoms with E-state index in [1.165, 1.54) is 64.2 Å². The van der Waals surface area contributed by atoms with Crippen molar-refractivity contribution in [2.24, 2.45) is 0 Å². The van der Waals surface area contributed by atoms with Crippen LogP contribution in [0, 0.1) is 0 Å². The monoisotopic (exact) mass is 194 g/mol. The average molecular weight is 194 g/mol. The van der Waals surface area contributed by atoms with E-state index in [1.807, 2.05) is 0 Å². The van der Waals surface area contributed by atoms with Crippen molar-refractivity contribution in [2.75, 3.05) is 0 Å². The molecule has 0 saturated carbocycles. The molecule has 0 aromatic carbocycles. The molecule has 0 amide bonds. The summed E-state index contributed by atoms with van der Waals surface area (Å²) in [6, 6.07) is 0. The van der Waals surface area contributed by atoms with Crippen molar-refractivity contribution in [3.63, 3.8) is 0 Å². The summed E-state index contributed by atoms with van der Waals surface area (Å²) in [5.41, 5.74) is 3.51. The van der Waals surface area contributed by atoms with Crippen LogP contribution in [0.15, 0.2) is 11.1 Å². The van der Waals surface area contributed by atoms with Gasteiger partial charge in [0, 0.05) is 0 Å². The van der Waals surface area contributed by atoms with Gasteiger partial charge in [-0.15, -0.1) is 0 Å². The minimum atomic E-state index is 1.36. The van der Waals surface area contributed by atoms with Crippen molar-refractivity contribution in [1.82, 2.24) is 0 Å². The summed E-state index contributed by atoms with van der Waals surface area (Å²) in [6.45, 7) is 4.63. The third kappa shape index (κ3) is 4.30. The van der Waals surface area contributed by atoms with Crippen molar-refractivity contribution >= 4 is 0 Å². The van der Waals surface area contributed by atoms with E-state index in [1.54, 1.807) is 11.1 Å². The standard InChI is InChI=1S/C14H26/c1-3-4-5-6-7-11-14-12-9-8-10-13(14)2/h3-12H2,1-2H3. The summed E-state index contributed by atoms with van der Waals surface area (Å²) in [7, 11) is 0. The van der Waals surface area contributed by atoms with Crippen LogP contribution in [0.4, 0.5) is 0 Å². The van der Waals surface area contributed by atoms with Crippen LogP contribution in [0.3, 0.4) is 0 Å². The lowest BCUT2D eigenvalue weighted by Gasteiger charge is -2.17. The van der Waals surface area contributed by atoms with E-state index in [-0.39, 0.29) is 0 Å². The molecule has 0 N–H and O–H groups in total. The first kappa shape index (κ1) is 11.8. The normalized spacial score (nSPS) is 17.6. The molecule has 0 atom stereocenters. The molecular formula is C14H26. The van der Waals surface area contributed by atoms with E-state index >= 15 is 0 Å². The first-order valence-electron chi connectivity index (χ1n) is 6.52. The minimum absolute atomic E-state index is 1.36. The maximum Gasteiger partial charge on any atom is -0.0318 e. The molecule has 1 rings (SSSR count). The minimum Gasteiger partial charge on any atom is -0.0741 e. The smallest absolute Gasteiger partial charge is 0.0318 e. The topological polar surface area (TPSA) is 0 Å². The molecule has 0 saturated heterocycles. The van der Waals surface area contributed by atoms with Crippen molar-refractivity contribution in [3.05, 3.63) is 11.1 Å². The molecule has 0 aliphatic heterocycles. The van der Waals surface area contributed by atoms with Crippen LogP contribution in [0.1, 0.15) is 78.1 Å². The van der Waals surface area contributed by atoms with E-state index in [9.17, 15) is 0 Å². The van der Waals surface area contributed by atoms with Gasteiger partial charge in [0.1, 0.15) is 0 Å². The Morgan fingerprint density at radius 2 is 1.64 bits per heavy atom. The zero-order valence-corrected chi connectivity index (χ0v) is 10.1. The highest BCUT2D eigenvalue weighted by Crippen LogP contribution is 2.27. The van der Waals surface area contributed by atoms with Gasteiger partial charge in [-0.25, -0.2) is 0 Å². The molecule has 0 unspecified atom stereocenters. The van der Waals surface area contributed by atoms with Gasteiger partial charge >= 0.3 is 0 Å². The fourth-order valence-electron chi connectivity index (χ4n) is 2.40. The number of unbranched alkanes of at least 4 members (excludes halogenated alkanes) is 4. The van der Waals surface area contributed by atoms with Crippen molar-refractivity contribution in [2.45, 2.75) is 78.1 Å². The van der Waals surface area contributed by atoms with Crippen LogP contribution in [-0.4, -0.2) is 0 Å². The van der Waals surface area contributed by atoms with Crippen molar-refractivity contribution in [3.8, 4) is 0 Å². The van der Waals surface area contributed by atoms with Crippen LogP contribution < -0.4 is 0 Å². The first-order valence-corrected chi connectivity index (χ1v) is 6.52. The van der Waals surface area contributed by atoms with Crippen LogP contribution in [-0.2, 0) is 0 Å². The largest absolute Gasteiger partial charge is 0.0741 e. The van der Waals surface area contributed by atoms with Gasteiger partial charge in [-0.1, -0.05) is 43.8 Å². The molecule has 0 fully saturated rings. The Kier molecular flexibility index (Phi) is 5.98. The number of allylic oxidation sites excluding steroid dienone is 2. The zero-order valence-electron chi connectivity index (χ0n) is 10.1. The molecule has 0 aromatic rings. The predicted octanol–water partition coefficient (Wildman–Crippen LogP) is 5.24. The fraction of sp³-hybridized carbons (Fsp3) is 0.857. The lowest BCUT2D eigenvalue weighted by atomic mass is 9.89. The highest BCUT2D eigenvalue weighted by molar-refractivity contribution is 5.14. The Morgan fingerprint density at radius 1 is 0.929 bits per heavy atom. The summed E-state index contributed by atoms with van der Waals surface area (Å²) >= 11 is 0. The molecule has 0 spiro atoms. The van der Waals surface area contributed by atoms with Gasteiger partial charge in [0.05, 0.1) is 0 Å². The van der Waals surface area contributed by atoms with E-state index < -0.39 is 0 Å². The van der Waals surface area contributed by atoms with Gasteiger partial charge in [-0.3, -0.25) is 0 Å². The molecule has 14 heavy (non-hydrogen) atoms. The van der Waals surface area contributed by atoms with Crippen LogP contribution in [0.5, 0.6) is 0 Å². The van der Waals surface area contributed by atoms with Gasteiger partial charge in [-0.05, 0) is 45.4 Å². The van der Waals surface area contributed by atoms with Gasteiger partial charge in [0.2, 0.25) is 0 Å². The molecule has 0 heteroatoms. The molecule has 0 bridgehead atoms. The summed E-state index contributed by atoms with van der Waals surface area (Å²) in [4.78, 5) is 0. The molecule has 0 nitrogen and oxygen atoms in total. The van der Waals surface area contributed by atoms with E-state index in [4.69, 9.17) is 0 Å². The second-order valence-corrected chi connectivity index (χ2v) is 4.76. The van der Waals surface area contributed by atoms with E-state index in [0.29, 0.717) is 0 Å². The Morgan fingerprint density at radius 3 is 2.36 bits per heavy atom. The third-order valence-electron chi connectivity index (χ3n) is 3.47. The average Bonchev–Trinajstić information content (AvgIpc) is 2.20. The zero-order chi connectivity index (χ0) is 10.2. The fourth-order valence-corrected chi connectivity index (χ4v) is 2.40. The second-order valence-electron chi connectivity index (χ2n) is 4.76. The van der Waals surface area contributed by atoms with Crippen LogP contribution in [0.2, 0.25) is 0 Å². The Labute approximate surface area is 89.8 Å². The summed E-state index contributed by atoms with van der Waals surface area (Å²) in [5.74, 6) is 0. The number of hydrogen-bond donors (Lipinski definition) is 0. The quantitative estimate of drug-likeness (QED) is 0.401. The SMILES string of the molecule is CCCCCCCC1=C(C)CCCC1. The molecule has 0 aromatic heterocycles. The predicted molar refractivity (Wildman–Crippen MR) is 64.5 cm³/mol. The van der Waals surface area contributed by atoms with Gasteiger partial charge < -0.3 is 0 Å². The molecule has 82 valence electrons. The molecule has 0 radical (unpaired) electrons. The van der Waals surface area contributed by atoms with Gasteiger partial charge in [0.15, 0.2) is 0 Å². The molecule has 0 heterocycles.